The predicted octanol–water partition coefficient (Wildman–Crippen LogP) is 2.92. The van der Waals surface area contributed by atoms with Crippen molar-refractivity contribution in [3.8, 4) is 5.75 Å². The Morgan fingerprint density at radius 1 is 1.29 bits per heavy atom. The molecule has 21 heavy (non-hydrogen) atoms. The van der Waals surface area contributed by atoms with Crippen LogP contribution in [0.4, 0.5) is 0 Å². The molecule has 0 amide bonds. The second-order valence-corrected chi connectivity index (χ2v) is 5.43. The van der Waals surface area contributed by atoms with Gasteiger partial charge < -0.3 is 9.47 Å². The van der Waals surface area contributed by atoms with E-state index in [4.69, 9.17) is 9.47 Å². The molecule has 0 bridgehead atoms. The van der Waals surface area contributed by atoms with E-state index in [1.54, 1.807) is 12.1 Å². The molecule has 0 spiro atoms. The standard InChI is InChI=1S/C16H21NO4/c1-6-21-14-8-7-11(9-12(14)15(19)20-5)13(18)10-17-16(2,3)4/h7-10H,6H2,1-5H3. The highest BCUT2D eigenvalue weighted by atomic mass is 16.5. The Bertz CT molecular complexity index is 556. The largest absolute Gasteiger partial charge is 0.493 e. The molecule has 0 aliphatic rings. The Balaban J connectivity index is 3.13. The Kier molecular flexibility index (Phi) is 5.64. The van der Waals surface area contributed by atoms with Crippen molar-refractivity contribution in [2.75, 3.05) is 13.7 Å². The van der Waals surface area contributed by atoms with E-state index in [2.05, 4.69) is 4.99 Å². The molecule has 1 aromatic carbocycles. The average molecular weight is 291 g/mol. The van der Waals surface area contributed by atoms with Crippen molar-refractivity contribution in [2.24, 2.45) is 4.99 Å². The summed E-state index contributed by atoms with van der Waals surface area (Å²) in [6, 6.07) is 4.66. The minimum absolute atomic E-state index is 0.231. The van der Waals surface area contributed by atoms with Crippen molar-refractivity contribution >= 4 is 18.0 Å². The van der Waals surface area contributed by atoms with Gasteiger partial charge in [0.15, 0.2) is 0 Å². The molecule has 0 heterocycles. The molecule has 0 saturated heterocycles. The van der Waals surface area contributed by atoms with Crippen LogP contribution in [0.3, 0.4) is 0 Å². The molecule has 0 aliphatic heterocycles. The normalized spacial score (nSPS) is 11.5. The van der Waals surface area contributed by atoms with Crippen LogP contribution < -0.4 is 4.74 Å². The number of esters is 1. The topological polar surface area (TPSA) is 65.0 Å². The molecule has 5 nitrogen and oxygen atoms in total. The minimum atomic E-state index is -0.541. The van der Waals surface area contributed by atoms with Crippen LogP contribution in [0.1, 0.15) is 48.4 Å². The third-order valence-corrected chi connectivity index (χ3v) is 2.54. The summed E-state index contributed by atoms with van der Waals surface area (Å²) >= 11 is 0. The van der Waals surface area contributed by atoms with Crippen molar-refractivity contribution in [3.63, 3.8) is 0 Å². The van der Waals surface area contributed by atoms with Crippen molar-refractivity contribution in [2.45, 2.75) is 33.2 Å². The number of benzene rings is 1. The fourth-order valence-corrected chi connectivity index (χ4v) is 1.56. The van der Waals surface area contributed by atoms with Gasteiger partial charge in [-0.05, 0) is 45.9 Å². The molecule has 114 valence electrons. The van der Waals surface area contributed by atoms with E-state index in [0.717, 1.165) is 0 Å². The van der Waals surface area contributed by atoms with Crippen LogP contribution in [0.15, 0.2) is 23.2 Å². The quantitative estimate of drug-likeness (QED) is 0.475. The number of hydrogen-bond donors (Lipinski definition) is 0. The van der Waals surface area contributed by atoms with Gasteiger partial charge >= 0.3 is 5.97 Å². The van der Waals surface area contributed by atoms with E-state index in [9.17, 15) is 9.59 Å². The summed E-state index contributed by atoms with van der Waals surface area (Å²) in [5.41, 5.74) is 0.271. The average Bonchev–Trinajstić information content (AvgIpc) is 2.43. The first kappa shape index (κ1) is 16.9. The van der Waals surface area contributed by atoms with Crippen molar-refractivity contribution in [3.05, 3.63) is 29.3 Å². The first-order valence-electron chi connectivity index (χ1n) is 6.73. The Hall–Kier alpha value is -2.17. The molecule has 1 aromatic rings. The maximum absolute atomic E-state index is 12.1. The Morgan fingerprint density at radius 3 is 2.48 bits per heavy atom. The molecule has 0 aromatic heterocycles. The number of carbonyl (C=O) groups is 2. The van der Waals surface area contributed by atoms with Crippen LogP contribution in [-0.2, 0) is 4.74 Å². The second kappa shape index (κ2) is 7.02. The highest BCUT2D eigenvalue weighted by Gasteiger charge is 2.16. The van der Waals surface area contributed by atoms with E-state index in [0.29, 0.717) is 17.9 Å². The van der Waals surface area contributed by atoms with Crippen molar-refractivity contribution < 1.29 is 19.1 Å². The zero-order chi connectivity index (χ0) is 16.0. The van der Waals surface area contributed by atoms with Gasteiger partial charge in [0, 0.05) is 5.56 Å². The number of hydrogen-bond acceptors (Lipinski definition) is 5. The number of nitrogens with zero attached hydrogens (tertiary/aromatic N) is 1. The van der Waals surface area contributed by atoms with Gasteiger partial charge in [0.25, 0.3) is 0 Å². The molecule has 0 aliphatic carbocycles. The van der Waals surface area contributed by atoms with Gasteiger partial charge in [-0.15, -0.1) is 0 Å². The van der Waals surface area contributed by atoms with Gasteiger partial charge in [-0.25, -0.2) is 4.79 Å². The van der Waals surface area contributed by atoms with Gasteiger partial charge in [0.1, 0.15) is 11.3 Å². The lowest BCUT2D eigenvalue weighted by Gasteiger charge is -2.11. The van der Waals surface area contributed by atoms with Crippen LogP contribution in [0.25, 0.3) is 0 Å². The van der Waals surface area contributed by atoms with E-state index >= 15 is 0 Å². The summed E-state index contributed by atoms with van der Waals surface area (Å²) in [5, 5.41) is 0. The Labute approximate surface area is 125 Å². The summed E-state index contributed by atoms with van der Waals surface area (Å²) < 4.78 is 10.1. The summed E-state index contributed by atoms with van der Waals surface area (Å²) in [6.07, 6.45) is 1.27. The highest BCUT2D eigenvalue weighted by molar-refractivity contribution is 6.35. The fraction of sp³-hybridized carbons (Fsp3) is 0.438. The van der Waals surface area contributed by atoms with Crippen LogP contribution in [0.2, 0.25) is 0 Å². The number of rotatable bonds is 5. The summed E-state index contributed by atoms with van der Waals surface area (Å²) in [6.45, 7) is 7.93. The van der Waals surface area contributed by atoms with E-state index in [1.807, 2.05) is 27.7 Å². The molecule has 1 rings (SSSR count). The Morgan fingerprint density at radius 2 is 1.95 bits per heavy atom. The van der Waals surface area contributed by atoms with E-state index in [-0.39, 0.29) is 16.9 Å². The molecule has 5 heteroatoms. The smallest absolute Gasteiger partial charge is 0.341 e. The molecular weight excluding hydrogens is 270 g/mol. The van der Waals surface area contributed by atoms with Crippen molar-refractivity contribution in [1.82, 2.24) is 0 Å². The number of methoxy groups -OCH3 is 1. The minimum Gasteiger partial charge on any atom is -0.493 e. The van der Waals surface area contributed by atoms with Crippen LogP contribution in [0.5, 0.6) is 5.75 Å². The third-order valence-electron chi connectivity index (χ3n) is 2.54. The first-order valence-corrected chi connectivity index (χ1v) is 6.73. The second-order valence-electron chi connectivity index (χ2n) is 5.43. The number of carbonyl (C=O) groups excluding carboxylic acids is 2. The van der Waals surface area contributed by atoms with Gasteiger partial charge in [-0.1, -0.05) is 0 Å². The molecule has 0 radical (unpaired) electrons. The maximum Gasteiger partial charge on any atom is 0.341 e. The van der Waals surface area contributed by atoms with Crippen LogP contribution >= 0.6 is 0 Å². The number of Topliss-reactive ketones (excluding diaryl/α,β-unsaturated/α-hetero) is 1. The number of ketones is 1. The summed E-state index contributed by atoms with van der Waals surface area (Å²) in [7, 11) is 1.29. The third kappa shape index (κ3) is 5.02. The number of ether oxygens (including phenoxy) is 2. The molecule has 0 saturated carbocycles. The zero-order valence-electron chi connectivity index (χ0n) is 13.1. The van der Waals surface area contributed by atoms with Gasteiger partial charge in [-0.2, -0.15) is 0 Å². The molecule has 0 atom stereocenters. The molecule has 0 fully saturated rings. The van der Waals surface area contributed by atoms with E-state index in [1.165, 1.54) is 19.4 Å². The van der Waals surface area contributed by atoms with Crippen molar-refractivity contribution in [1.29, 1.82) is 0 Å². The number of aliphatic imine (C=N–C) groups is 1. The molecule has 0 N–H and O–H groups in total. The lowest BCUT2D eigenvalue weighted by Crippen LogP contribution is -2.13. The van der Waals surface area contributed by atoms with Crippen LogP contribution in [-0.4, -0.2) is 37.2 Å². The first-order chi connectivity index (χ1) is 9.78. The lowest BCUT2D eigenvalue weighted by atomic mass is 10.1. The van der Waals surface area contributed by atoms with Gasteiger partial charge in [-0.3, -0.25) is 9.79 Å². The molecule has 0 unspecified atom stereocenters. The summed E-state index contributed by atoms with van der Waals surface area (Å²) in [5.74, 6) is -0.410. The maximum atomic E-state index is 12.1. The van der Waals surface area contributed by atoms with E-state index < -0.39 is 5.97 Å². The van der Waals surface area contributed by atoms with Crippen LogP contribution in [0, 0.1) is 0 Å². The summed E-state index contributed by atoms with van der Waals surface area (Å²) in [4.78, 5) is 28.0. The molecular formula is C16H21NO4. The fourth-order valence-electron chi connectivity index (χ4n) is 1.56. The monoisotopic (exact) mass is 291 g/mol. The SMILES string of the molecule is CCOc1ccc(C(=O)C=NC(C)(C)C)cc1C(=O)OC. The zero-order valence-corrected chi connectivity index (χ0v) is 13.1. The van der Waals surface area contributed by atoms with Gasteiger partial charge in [0.05, 0.1) is 25.5 Å². The predicted molar refractivity (Wildman–Crippen MR) is 81.5 cm³/mol. The highest BCUT2D eigenvalue weighted by Crippen LogP contribution is 2.21. The van der Waals surface area contributed by atoms with Gasteiger partial charge in [0.2, 0.25) is 5.78 Å². The lowest BCUT2D eigenvalue weighted by molar-refractivity contribution is 0.0596.